The van der Waals surface area contributed by atoms with E-state index in [0.717, 1.165) is 0 Å². The van der Waals surface area contributed by atoms with Crippen molar-refractivity contribution in [2.45, 2.75) is 6.92 Å². The molecule has 0 fully saturated rings. The second kappa shape index (κ2) is 3.83. The summed E-state index contributed by atoms with van der Waals surface area (Å²) in [5.41, 5.74) is 2.68. The summed E-state index contributed by atoms with van der Waals surface area (Å²) in [5, 5.41) is 6.98. The quantitative estimate of drug-likeness (QED) is 0.465. The maximum atomic E-state index is 2.23. The van der Waals surface area contributed by atoms with Crippen molar-refractivity contribution in [2.24, 2.45) is 0 Å². The van der Waals surface area contributed by atoms with Crippen molar-refractivity contribution in [2.75, 3.05) is 0 Å². The van der Waals surface area contributed by atoms with Gasteiger partial charge < -0.3 is 0 Å². The Morgan fingerprint density at radius 2 is 1.32 bits per heavy atom. The van der Waals surface area contributed by atoms with Gasteiger partial charge in [-0.15, -0.1) is 0 Å². The molecule has 0 heteroatoms. The van der Waals surface area contributed by atoms with Gasteiger partial charge in [0.2, 0.25) is 0 Å². The van der Waals surface area contributed by atoms with E-state index in [2.05, 4.69) is 73.7 Å². The fourth-order valence-electron chi connectivity index (χ4n) is 3.08. The summed E-state index contributed by atoms with van der Waals surface area (Å²) in [6.45, 7) is 2.22. The zero-order valence-corrected chi connectivity index (χ0v) is 10.9. The first-order valence-electron chi connectivity index (χ1n) is 6.65. The predicted octanol–water partition coefficient (Wildman–Crippen LogP) is 4.37. The van der Waals surface area contributed by atoms with E-state index in [1.807, 2.05) is 0 Å². The van der Waals surface area contributed by atoms with Crippen LogP contribution in [-0.4, -0.2) is 0 Å². The Balaban J connectivity index is 2.15. The van der Waals surface area contributed by atoms with Crippen LogP contribution >= 0.6 is 0 Å². The van der Waals surface area contributed by atoms with Crippen LogP contribution in [-0.2, 0) is 0 Å². The van der Waals surface area contributed by atoms with E-state index in [-0.39, 0.29) is 0 Å². The zero-order chi connectivity index (χ0) is 12.8. The van der Waals surface area contributed by atoms with Gasteiger partial charge >= 0.3 is 0 Å². The van der Waals surface area contributed by atoms with Gasteiger partial charge in [0.15, 0.2) is 0 Å². The van der Waals surface area contributed by atoms with E-state index in [0.29, 0.717) is 0 Å². The fraction of sp³-hybridized carbons (Fsp3) is 0.0526. The van der Waals surface area contributed by atoms with Crippen LogP contribution in [0.2, 0.25) is 0 Å². The lowest BCUT2D eigenvalue weighted by Crippen LogP contribution is -2.14. The highest BCUT2D eigenvalue weighted by Crippen LogP contribution is 2.28. The van der Waals surface area contributed by atoms with E-state index in [1.54, 1.807) is 0 Å². The van der Waals surface area contributed by atoms with Crippen molar-refractivity contribution in [1.29, 1.82) is 0 Å². The SMILES string of the molecule is CC(c1ccccc1)=c1c2cccc3cccc1c32. The maximum absolute atomic E-state index is 2.23. The van der Waals surface area contributed by atoms with Crippen molar-refractivity contribution in [3.63, 3.8) is 0 Å². The molecule has 0 N–H and O–H groups in total. The molecule has 0 bridgehead atoms. The largest absolute Gasteiger partial charge is 0.0622 e. The molecule has 0 amide bonds. The van der Waals surface area contributed by atoms with Crippen LogP contribution < -0.4 is 5.22 Å². The average molecular weight is 242 g/mol. The van der Waals surface area contributed by atoms with Gasteiger partial charge in [-0.1, -0.05) is 66.7 Å². The Kier molecular flexibility index (Phi) is 2.13. The van der Waals surface area contributed by atoms with Gasteiger partial charge in [-0.2, -0.15) is 0 Å². The fourth-order valence-corrected chi connectivity index (χ4v) is 3.08. The molecule has 0 aliphatic carbocycles. The minimum absolute atomic E-state index is 1.31. The van der Waals surface area contributed by atoms with Gasteiger partial charge in [-0.05, 0) is 44.8 Å². The lowest BCUT2D eigenvalue weighted by Gasteiger charge is -2.15. The molecule has 90 valence electrons. The van der Waals surface area contributed by atoms with E-state index in [4.69, 9.17) is 0 Å². The molecule has 0 aliphatic heterocycles. The summed E-state index contributed by atoms with van der Waals surface area (Å²) in [4.78, 5) is 0. The number of benzene rings is 3. The highest BCUT2D eigenvalue weighted by Gasteiger charge is 2.12. The van der Waals surface area contributed by atoms with Crippen molar-refractivity contribution >= 4 is 27.1 Å². The third-order valence-corrected chi connectivity index (χ3v) is 4.03. The molecular formula is C19H14. The van der Waals surface area contributed by atoms with Gasteiger partial charge in [0.25, 0.3) is 0 Å². The van der Waals surface area contributed by atoms with E-state index in [9.17, 15) is 0 Å². The zero-order valence-electron chi connectivity index (χ0n) is 10.9. The van der Waals surface area contributed by atoms with Gasteiger partial charge in [-0.25, -0.2) is 0 Å². The Morgan fingerprint density at radius 3 is 1.95 bits per heavy atom. The molecule has 4 aromatic carbocycles. The summed E-state index contributed by atoms with van der Waals surface area (Å²) in [6, 6.07) is 23.8. The van der Waals surface area contributed by atoms with Crippen LogP contribution in [0.15, 0.2) is 66.7 Å². The van der Waals surface area contributed by atoms with Gasteiger partial charge in [0.1, 0.15) is 0 Å². The van der Waals surface area contributed by atoms with Crippen molar-refractivity contribution in [1.82, 2.24) is 0 Å². The molecule has 4 rings (SSSR count). The first kappa shape index (κ1) is 10.6. The molecule has 0 unspecified atom stereocenters. The van der Waals surface area contributed by atoms with Crippen LogP contribution in [0, 0.1) is 0 Å². The third-order valence-electron chi connectivity index (χ3n) is 4.03. The molecule has 0 saturated carbocycles. The molecule has 0 nitrogen and oxygen atoms in total. The van der Waals surface area contributed by atoms with E-state index >= 15 is 0 Å². The maximum Gasteiger partial charge on any atom is -0.00262 e. The highest BCUT2D eigenvalue weighted by atomic mass is 14.1. The number of hydrogen-bond donors (Lipinski definition) is 0. The van der Waals surface area contributed by atoms with Crippen LogP contribution in [0.1, 0.15) is 12.5 Å². The molecule has 0 aromatic heterocycles. The van der Waals surface area contributed by atoms with Crippen LogP contribution in [0.25, 0.3) is 27.1 Å². The second-order valence-electron chi connectivity index (χ2n) is 5.08. The van der Waals surface area contributed by atoms with Gasteiger partial charge in [0.05, 0.1) is 0 Å². The molecule has 0 heterocycles. The minimum atomic E-state index is 1.31. The summed E-state index contributed by atoms with van der Waals surface area (Å²) in [7, 11) is 0. The molecule has 0 saturated heterocycles. The normalized spacial score (nSPS) is 11.4. The standard InChI is InChI=1S/C19H14/c1-13(14-7-3-2-4-8-14)18-16-11-5-9-15-10-6-12-17(18)19(15)16/h2-12H,1H3. The second-order valence-corrected chi connectivity index (χ2v) is 5.08. The summed E-state index contributed by atoms with van der Waals surface area (Å²) < 4.78 is 0. The Labute approximate surface area is 112 Å². The molecule has 19 heavy (non-hydrogen) atoms. The first-order chi connectivity index (χ1) is 9.36. The molecular weight excluding hydrogens is 228 g/mol. The van der Waals surface area contributed by atoms with Crippen LogP contribution in [0.3, 0.4) is 0 Å². The summed E-state index contributed by atoms with van der Waals surface area (Å²) in [5.74, 6) is 0. The van der Waals surface area contributed by atoms with Crippen LogP contribution in [0.4, 0.5) is 0 Å². The van der Waals surface area contributed by atoms with Gasteiger partial charge in [0, 0.05) is 0 Å². The van der Waals surface area contributed by atoms with E-state index in [1.165, 1.54) is 37.9 Å². The minimum Gasteiger partial charge on any atom is -0.0622 e. The Bertz CT molecular complexity index is 855. The smallest absolute Gasteiger partial charge is 0.00262 e. The van der Waals surface area contributed by atoms with E-state index < -0.39 is 0 Å². The van der Waals surface area contributed by atoms with Crippen LogP contribution in [0.5, 0.6) is 0 Å². The molecule has 0 aliphatic rings. The topological polar surface area (TPSA) is 0 Å². The third kappa shape index (κ3) is 1.40. The summed E-state index contributed by atoms with van der Waals surface area (Å²) in [6.07, 6.45) is 0. The molecule has 0 atom stereocenters. The van der Waals surface area contributed by atoms with Crippen molar-refractivity contribution in [3.8, 4) is 0 Å². The first-order valence-corrected chi connectivity index (χ1v) is 6.65. The molecule has 0 radical (unpaired) electrons. The number of rotatable bonds is 1. The highest BCUT2D eigenvalue weighted by molar-refractivity contribution is 6.18. The molecule has 0 spiro atoms. The molecule has 4 aromatic rings. The van der Waals surface area contributed by atoms with Gasteiger partial charge in [-0.3, -0.25) is 0 Å². The average Bonchev–Trinajstić information content (AvgIpc) is 2.47. The number of hydrogen-bond acceptors (Lipinski definition) is 0. The lowest BCUT2D eigenvalue weighted by molar-refractivity contribution is 1.53. The van der Waals surface area contributed by atoms with Crippen molar-refractivity contribution in [3.05, 3.63) is 77.5 Å². The lowest BCUT2D eigenvalue weighted by atomic mass is 9.89. The van der Waals surface area contributed by atoms with Crippen molar-refractivity contribution < 1.29 is 0 Å². The monoisotopic (exact) mass is 242 g/mol. The summed E-state index contributed by atoms with van der Waals surface area (Å²) >= 11 is 0. The Hall–Kier alpha value is -2.34. The Morgan fingerprint density at radius 1 is 0.684 bits per heavy atom. The predicted molar refractivity (Wildman–Crippen MR) is 82.5 cm³/mol.